The second-order valence-corrected chi connectivity index (χ2v) is 4.33. The summed E-state index contributed by atoms with van der Waals surface area (Å²) in [5.41, 5.74) is -0.599. The van der Waals surface area contributed by atoms with Gasteiger partial charge in [0.1, 0.15) is 16.9 Å². The SMILES string of the molecule is CCOC(=O)CCCNC(=O)c1cc(Cl)ncc1[N+](=O)[O-]. The van der Waals surface area contributed by atoms with Crippen LogP contribution >= 0.6 is 11.6 Å². The van der Waals surface area contributed by atoms with E-state index in [4.69, 9.17) is 16.3 Å². The second kappa shape index (κ2) is 8.15. The number of aromatic nitrogens is 1. The third kappa shape index (κ3) is 5.35. The fraction of sp³-hybridized carbons (Fsp3) is 0.417. The number of hydrogen-bond acceptors (Lipinski definition) is 6. The normalized spacial score (nSPS) is 10.0. The summed E-state index contributed by atoms with van der Waals surface area (Å²) in [5, 5.41) is 13.3. The Bertz CT molecular complexity index is 550. The summed E-state index contributed by atoms with van der Waals surface area (Å²) in [7, 11) is 0. The van der Waals surface area contributed by atoms with Crippen molar-refractivity contribution in [2.24, 2.45) is 0 Å². The van der Waals surface area contributed by atoms with Crippen molar-refractivity contribution < 1.29 is 19.2 Å². The highest BCUT2D eigenvalue weighted by Crippen LogP contribution is 2.20. The van der Waals surface area contributed by atoms with Crippen molar-refractivity contribution in [3.63, 3.8) is 0 Å². The molecule has 0 aromatic carbocycles. The van der Waals surface area contributed by atoms with Crippen molar-refractivity contribution in [3.05, 3.63) is 33.1 Å². The van der Waals surface area contributed by atoms with E-state index in [-0.39, 0.29) is 29.7 Å². The van der Waals surface area contributed by atoms with E-state index in [1.54, 1.807) is 6.92 Å². The van der Waals surface area contributed by atoms with E-state index in [1.807, 2.05) is 0 Å². The molecule has 0 spiro atoms. The van der Waals surface area contributed by atoms with Gasteiger partial charge in [0, 0.05) is 13.0 Å². The van der Waals surface area contributed by atoms with E-state index in [0.717, 1.165) is 12.3 Å². The van der Waals surface area contributed by atoms with Crippen LogP contribution in [-0.4, -0.2) is 34.9 Å². The van der Waals surface area contributed by atoms with Gasteiger partial charge in [0.05, 0.1) is 11.5 Å². The summed E-state index contributed by atoms with van der Waals surface area (Å²) in [4.78, 5) is 36.6. The van der Waals surface area contributed by atoms with E-state index < -0.39 is 16.5 Å². The Kier molecular flexibility index (Phi) is 6.54. The lowest BCUT2D eigenvalue weighted by Crippen LogP contribution is -2.26. The number of carbonyl (C=O) groups excluding carboxylic acids is 2. The summed E-state index contributed by atoms with van der Waals surface area (Å²) in [6.45, 7) is 2.19. The largest absolute Gasteiger partial charge is 0.466 e. The number of halogens is 1. The fourth-order valence-corrected chi connectivity index (χ4v) is 1.67. The predicted octanol–water partition coefficient (Wildman–Crippen LogP) is 1.72. The van der Waals surface area contributed by atoms with Crippen LogP contribution in [0.4, 0.5) is 5.69 Å². The molecular formula is C12H14ClN3O5. The standard InChI is InChI=1S/C12H14ClN3O5/c1-2-21-11(17)4-3-5-14-12(18)8-6-10(13)15-7-9(8)16(19)20/h6-7H,2-5H2,1H3,(H,14,18). The molecule has 1 aromatic heterocycles. The molecule has 1 aromatic rings. The van der Waals surface area contributed by atoms with Crippen molar-refractivity contribution in [1.82, 2.24) is 10.3 Å². The van der Waals surface area contributed by atoms with Gasteiger partial charge < -0.3 is 10.1 Å². The van der Waals surface area contributed by atoms with Gasteiger partial charge in [-0.3, -0.25) is 19.7 Å². The third-order valence-corrected chi connectivity index (χ3v) is 2.65. The van der Waals surface area contributed by atoms with E-state index in [0.29, 0.717) is 13.0 Å². The number of rotatable bonds is 7. The summed E-state index contributed by atoms with van der Waals surface area (Å²) < 4.78 is 4.73. The molecule has 9 heteroatoms. The van der Waals surface area contributed by atoms with Crippen LogP contribution in [0.5, 0.6) is 0 Å². The number of nitrogens with one attached hydrogen (secondary N) is 1. The molecule has 0 saturated carbocycles. The van der Waals surface area contributed by atoms with Crippen molar-refractivity contribution in [1.29, 1.82) is 0 Å². The minimum Gasteiger partial charge on any atom is -0.466 e. The number of nitro groups is 1. The first-order valence-corrected chi connectivity index (χ1v) is 6.57. The van der Waals surface area contributed by atoms with E-state index in [9.17, 15) is 19.7 Å². The molecule has 21 heavy (non-hydrogen) atoms. The Hall–Kier alpha value is -2.22. The Labute approximate surface area is 125 Å². The molecule has 0 fully saturated rings. The van der Waals surface area contributed by atoms with E-state index in [1.165, 1.54) is 0 Å². The monoisotopic (exact) mass is 315 g/mol. The number of esters is 1. The number of ether oxygens (including phenoxy) is 1. The average molecular weight is 316 g/mol. The Balaban J connectivity index is 2.58. The molecule has 0 aliphatic rings. The molecule has 0 aliphatic heterocycles. The Morgan fingerprint density at radius 1 is 1.52 bits per heavy atom. The minimum atomic E-state index is -0.711. The number of nitrogens with zero attached hydrogens (tertiary/aromatic N) is 2. The maximum absolute atomic E-state index is 11.9. The first-order chi connectivity index (χ1) is 9.95. The summed E-state index contributed by atoms with van der Waals surface area (Å²) in [6.07, 6.45) is 1.46. The van der Waals surface area contributed by atoms with Gasteiger partial charge >= 0.3 is 5.97 Å². The van der Waals surface area contributed by atoms with Crippen LogP contribution < -0.4 is 5.32 Å². The van der Waals surface area contributed by atoms with Crippen LogP contribution in [0.15, 0.2) is 12.3 Å². The third-order valence-electron chi connectivity index (χ3n) is 2.44. The lowest BCUT2D eigenvalue weighted by atomic mass is 10.2. The highest BCUT2D eigenvalue weighted by atomic mass is 35.5. The average Bonchev–Trinajstić information content (AvgIpc) is 2.43. The summed E-state index contributed by atoms with van der Waals surface area (Å²) in [6, 6.07) is 1.13. The Morgan fingerprint density at radius 2 is 2.24 bits per heavy atom. The summed E-state index contributed by atoms with van der Waals surface area (Å²) in [5.74, 6) is -1.00. The predicted molar refractivity (Wildman–Crippen MR) is 74.1 cm³/mol. The van der Waals surface area contributed by atoms with Gasteiger partial charge in [-0.15, -0.1) is 0 Å². The van der Waals surface area contributed by atoms with Crippen LogP contribution in [0.2, 0.25) is 5.15 Å². The maximum Gasteiger partial charge on any atom is 0.305 e. The van der Waals surface area contributed by atoms with E-state index >= 15 is 0 Å². The number of hydrogen-bond donors (Lipinski definition) is 1. The molecule has 0 saturated heterocycles. The molecule has 0 unspecified atom stereocenters. The van der Waals surface area contributed by atoms with Crippen molar-refractivity contribution in [2.45, 2.75) is 19.8 Å². The topological polar surface area (TPSA) is 111 Å². The lowest BCUT2D eigenvalue weighted by molar-refractivity contribution is -0.385. The zero-order valence-electron chi connectivity index (χ0n) is 11.3. The second-order valence-electron chi connectivity index (χ2n) is 3.95. The van der Waals surface area contributed by atoms with Crippen LogP contribution in [0, 0.1) is 10.1 Å². The Morgan fingerprint density at radius 3 is 2.86 bits per heavy atom. The van der Waals surface area contributed by atoms with Gasteiger partial charge in [-0.1, -0.05) is 11.6 Å². The molecule has 1 heterocycles. The van der Waals surface area contributed by atoms with Gasteiger partial charge in [0.2, 0.25) is 0 Å². The fourth-order valence-electron chi connectivity index (χ4n) is 1.51. The molecule has 114 valence electrons. The first-order valence-electron chi connectivity index (χ1n) is 6.19. The van der Waals surface area contributed by atoms with Gasteiger partial charge in [0.15, 0.2) is 0 Å². The van der Waals surface area contributed by atoms with Crippen LogP contribution in [0.25, 0.3) is 0 Å². The van der Waals surface area contributed by atoms with Crippen molar-refractivity contribution in [2.75, 3.05) is 13.2 Å². The minimum absolute atomic E-state index is 0.0164. The zero-order chi connectivity index (χ0) is 15.8. The maximum atomic E-state index is 11.9. The number of carbonyl (C=O) groups is 2. The molecule has 1 rings (SSSR count). The smallest absolute Gasteiger partial charge is 0.305 e. The highest BCUT2D eigenvalue weighted by Gasteiger charge is 2.21. The van der Waals surface area contributed by atoms with Gasteiger partial charge in [0.25, 0.3) is 11.6 Å². The molecule has 0 bridgehead atoms. The van der Waals surface area contributed by atoms with Crippen LogP contribution in [-0.2, 0) is 9.53 Å². The molecule has 1 amide bonds. The van der Waals surface area contributed by atoms with E-state index in [2.05, 4.69) is 10.3 Å². The molecular weight excluding hydrogens is 302 g/mol. The van der Waals surface area contributed by atoms with Crippen LogP contribution in [0.1, 0.15) is 30.1 Å². The van der Waals surface area contributed by atoms with Crippen LogP contribution in [0.3, 0.4) is 0 Å². The summed E-state index contributed by atoms with van der Waals surface area (Å²) >= 11 is 5.63. The van der Waals surface area contributed by atoms with Crippen molar-refractivity contribution >= 4 is 29.2 Å². The molecule has 1 N–H and O–H groups in total. The first kappa shape index (κ1) is 16.8. The molecule has 0 aliphatic carbocycles. The van der Waals surface area contributed by atoms with Gasteiger partial charge in [-0.25, -0.2) is 4.98 Å². The van der Waals surface area contributed by atoms with Gasteiger partial charge in [-0.05, 0) is 19.4 Å². The molecule has 0 atom stereocenters. The number of amides is 1. The number of pyridine rings is 1. The highest BCUT2D eigenvalue weighted by molar-refractivity contribution is 6.29. The van der Waals surface area contributed by atoms with Crippen molar-refractivity contribution in [3.8, 4) is 0 Å². The lowest BCUT2D eigenvalue weighted by Gasteiger charge is -2.06. The zero-order valence-corrected chi connectivity index (χ0v) is 12.1. The molecule has 0 radical (unpaired) electrons. The quantitative estimate of drug-likeness (QED) is 0.269. The van der Waals surface area contributed by atoms with Gasteiger partial charge in [-0.2, -0.15) is 0 Å². The molecule has 8 nitrogen and oxygen atoms in total.